The van der Waals surface area contributed by atoms with E-state index in [1.807, 2.05) is 23.6 Å². The molecule has 2 aromatic rings. The fraction of sp³-hybridized carbons (Fsp3) is 0.577. The van der Waals surface area contributed by atoms with Crippen molar-refractivity contribution in [2.45, 2.75) is 70.9 Å². The second-order valence-corrected chi connectivity index (χ2v) is 9.95. The molecule has 0 unspecified atom stereocenters. The lowest BCUT2D eigenvalue weighted by Gasteiger charge is -2.45. The number of aromatic nitrogens is 2. The molecule has 4 rings (SSSR count). The van der Waals surface area contributed by atoms with Crippen LogP contribution in [0.2, 0.25) is 0 Å². The van der Waals surface area contributed by atoms with Gasteiger partial charge in [-0.3, -0.25) is 4.90 Å². The van der Waals surface area contributed by atoms with Crippen molar-refractivity contribution in [2.75, 3.05) is 31.1 Å². The molecule has 2 amide bonds. The highest BCUT2D eigenvalue weighted by Crippen LogP contribution is 2.29. The lowest BCUT2D eigenvalue weighted by Crippen LogP contribution is -2.62. The van der Waals surface area contributed by atoms with Crippen LogP contribution in [-0.2, 0) is 19.1 Å². The number of likely N-dealkylation sites (tertiary alicyclic amines) is 1. The number of anilines is 1. The summed E-state index contributed by atoms with van der Waals surface area (Å²) >= 11 is 0. The minimum atomic E-state index is -4.47. The third kappa shape index (κ3) is 6.27. The highest BCUT2D eigenvalue weighted by Gasteiger charge is 2.36. The quantitative estimate of drug-likeness (QED) is 0.657. The smallest absolute Gasteiger partial charge is 0.337 e. The third-order valence-corrected chi connectivity index (χ3v) is 7.15. The standard InChI is InChI=1S/C26H35F3N6O/c1-4-20-5-7-21(8-6-20)17-33-11-9-23(10-12-33)32-25(36)35-18(2)15-34(16-19(35)3)24-30-13-22(14-31-24)26(27,28)29/h5-8,13-14,18-19,23H,4,9-12,15-17H2,1-3H3,(H,32,36)/t18-,19+. The molecule has 1 aromatic carbocycles. The minimum absolute atomic E-state index is 0.0865. The number of hydrogen-bond acceptors (Lipinski definition) is 5. The molecule has 2 aliphatic rings. The van der Waals surface area contributed by atoms with Gasteiger partial charge in [0.05, 0.1) is 5.56 Å². The maximum absolute atomic E-state index is 13.1. The number of halogens is 3. The number of carbonyl (C=O) groups excluding carboxylic acids is 1. The van der Waals surface area contributed by atoms with Crippen molar-refractivity contribution in [2.24, 2.45) is 0 Å². The first-order valence-electron chi connectivity index (χ1n) is 12.7. The van der Waals surface area contributed by atoms with Gasteiger partial charge in [0.15, 0.2) is 0 Å². The highest BCUT2D eigenvalue weighted by molar-refractivity contribution is 5.75. The summed E-state index contributed by atoms with van der Waals surface area (Å²) < 4.78 is 38.4. The summed E-state index contributed by atoms with van der Waals surface area (Å²) in [6.07, 6.45) is 0.00127. The number of piperazine rings is 1. The van der Waals surface area contributed by atoms with Gasteiger partial charge in [-0.2, -0.15) is 13.2 Å². The van der Waals surface area contributed by atoms with E-state index in [1.165, 1.54) is 11.1 Å². The number of rotatable bonds is 5. The lowest BCUT2D eigenvalue weighted by molar-refractivity contribution is -0.138. The molecule has 10 heteroatoms. The van der Waals surface area contributed by atoms with Gasteiger partial charge in [0.2, 0.25) is 5.95 Å². The van der Waals surface area contributed by atoms with Crippen molar-refractivity contribution < 1.29 is 18.0 Å². The molecule has 0 radical (unpaired) electrons. The number of amides is 2. The van der Waals surface area contributed by atoms with Gasteiger partial charge in [-0.25, -0.2) is 14.8 Å². The maximum Gasteiger partial charge on any atom is 0.419 e. The molecule has 2 saturated heterocycles. The maximum atomic E-state index is 13.1. The second kappa shape index (κ2) is 11.0. The predicted molar refractivity (Wildman–Crippen MR) is 133 cm³/mol. The molecule has 196 valence electrons. The fourth-order valence-electron chi connectivity index (χ4n) is 5.14. The van der Waals surface area contributed by atoms with Crippen LogP contribution in [0.15, 0.2) is 36.7 Å². The van der Waals surface area contributed by atoms with E-state index < -0.39 is 11.7 Å². The molecule has 2 aliphatic heterocycles. The third-order valence-electron chi connectivity index (χ3n) is 7.15. The summed E-state index contributed by atoms with van der Waals surface area (Å²) in [4.78, 5) is 27.1. The summed E-state index contributed by atoms with van der Waals surface area (Å²) in [6.45, 7) is 9.75. The van der Waals surface area contributed by atoms with Crippen molar-refractivity contribution in [3.05, 3.63) is 53.3 Å². The number of alkyl halides is 3. The fourth-order valence-corrected chi connectivity index (χ4v) is 5.14. The van der Waals surface area contributed by atoms with E-state index >= 15 is 0 Å². The molecule has 0 spiro atoms. The van der Waals surface area contributed by atoms with Gasteiger partial charge in [-0.1, -0.05) is 31.2 Å². The van der Waals surface area contributed by atoms with Gasteiger partial charge in [0, 0.05) is 63.2 Å². The molecule has 2 fully saturated rings. The molecule has 1 N–H and O–H groups in total. The number of aryl methyl sites for hydroxylation is 1. The summed E-state index contributed by atoms with van der Waals surface area (Å²) in [5.41, 5.74) is 1.79. The van der Waals surface area contributed by atoms with Crippen LogP contribution in [0.4, 0.5) is 23.9 Å². The number of nitrogens with one attached hydrogen (secondary N) is 1. The monoisotopic (exact) mass is 504 g/mol. The number of nitrogens with zero attached hydrogens (tertiary/aromatic N) is 5. The van der Waals surface area contributed by atoms with Gasteiger partial charge in [0.25, 0.3) is 0 Å². The van der Waals surface area contributed by atoms with E-state index in [-0.39, 0.29) is 30.1 Å². The second-order valence-electron chi connectivity index (χ2n) is 9.95. The van der Waals surface area contributed by atoms with E-state index in [4.69, 9.17) is 0 Å². The number of benzene rings is 1. The van der Waals surface area contributed by atoms with Crippen molar-refractivity contribution in [3.8, 4) is 0 Å². The predicted octanol–water partition coefficient (Wildman–Crippen LogP) is 4.33. The van der Waals surface area contributed by atoms with Crippen LogP contribution in [0.1, 0.15) is 50.3 Å². The number of urea groups is 1. The van der Waals surface area contributed by atoms with Crippen molar-refractivity contribution in [1.82, 2.24) is 25.1 Å². The zero-order valence-corrected chi connectivity index (χ0v) is 21.1. The van der Waals surface area contributed by atoms with Crippen molar-refractivity contribution >= 4 is 12.0 Å². The summed E-state index contributed by atoms with van der Waals surface area (Å²) in [5, 5.41) is 3.21. The number of hydrogen-bond donors (Lipinski definition) is 1. The van der Waals surface area contributed by atoms with Crippen LogP contribution in [0.5, 0.6) is 0 Å². The molecule has 36 heavy (non-hydrogen) atoms. The normalized spacial score (nSPS) is 22.1. The molecule has 0 bridgehead atoms. The summed E-state index contributed by atoms with van der Waals surface area (Å²) in [6, 6.07) is 8.55. The minimum Gasteiger partial charge on any atom is -0.337 e. The van der Waals surface area contributed by atoms with Crippen LogP contribution < -0.4 is 10.2 Å². The van der Waals surface area contributed by atoms with Crippen LogP contribution >= 0.6 is 0 Å². The van der Waals surface area contributed by atoms with Crippen LogP contribution in [0.3, 0.4) is 0 Å². The van der Waals surface area contributed by atoms with E-state index in [0.717, 1.165) is 51.3 Å². The van der Waals surface area contributed by atoms with Gasteiger partial charge in [-0.05, 0) is 44.2 Å². The zero-order chi connectivity index (χ0) is 25.9. The molecule has 2 atom stereocenters. The van der Waals surface area contributed by atoms with Gasteiger partial charge in [0.1, 0.15) is 0 Å². The first-order valence-corrected chi connectivity index (χ1v) is 12.7. The number of piperidine rings is 1. The Morgan fingerprint density at radius 1 is 1.00 bits per heavy atom. The topological polar surface area (TPSA) is 64.6 Å². The Morgan fingerprint density at radius 3 is 2.08 bits per heavy atom. The van der Waals surface area contributed by atoms with E-state index in [0.29, 0.717) is 13.1 Å². The Morgan fingerprint density at radius 2 is 1.56 bits per heavy atom. The van der Waals surface area contributed by atoms with Gasteiger partial charge >= 0.3 is 12.2 Å². The number of carbonyl (C=O) groups is 1. The first-order chi connectivity index (χ1) is 17.1. The zero-order valence-electron chi connectivity index (χ0n) is 21.1. The first kappa shape index (κ1) is 26.2. The van der Waals surface area contributed by atoms with Gasteiger partial charge < -0.3 is 15.1 Å². The SMILES string of the molecule is CCc1ccc(CN2CCC(NC(=O)N3[C@H](C)CN(c4ncc(C(F)(F)F)cn4)C[C@@H]3C)CC2)cc1. The Labute approximate surface area is 210 Å². The molecule has 3 heterocycles. The van der Waals surface area contributed by atoms with Gasteiger partial charge in [-0.15, -0.1) is 0 Å². The summed E-state index contributed by atoms with van der Waals surface area (Å²) in [7, 11) is 0. The Bertz CT molecular complexity index is 994. The molecule has 0 aliphatic carbocycles. The molecule has 0 saturated carbocycles. The molecular weight excluding hydrogens is 469 g/mol. The lowest BCUT2D eigenvalue weighted by atomic mass is 10.0. The van der Waals surface area contributed by atoms with E-state index in [9.17, 15) is 18.0 Å². The molecule has 7 nitrogen and oxygen atoms in total. The Kier molecular flexibility index (Phi) is 8.02. The average molecular weight is 505 g/mol. The van der Waals surface area contributed by atoms with E-state index in [1.54, 1.807) is 0 Å². The van der Waals surface area contributed by atoms with Crippen LogP contribution in [-0.4, -0.2) is 70.1 Å². The van der Waals surface area contributed by atoms with Crippen LogP contribution in [0.25, 0.3) is 0 Å². The highest BCUT2D eigenvalue weighted by atomic mass is 19.4. The van der Waals surface area contributed by atoms with Crippen molar-refractivity contribution in [3.63, 3.8) is 0 Å². The Balaban J connectivity index is 1.26. The molecular formula is C26H35F3N6O. The Hall–Kier alpha value is -2.88. The molecule has 1 aromatic heterocycles. The summed E-state index contributed by atoms with van der Waals surface area (Å²) in [5.74, 6) is 0.249. The van der Waals surface area contributed by atoms with E-state index in [2.05, 4.69) is 51.4 Å². The average Bonchev–Trinajstić information content (AvgIpc) is 2.85. The van der Waals surface area contributed by atoms with Crippen molar-refractivity contribution in [1.29, 1.82) is 0 Å². The van der Waals surface area contributed by atoms with Crippen LogP contribution in [0, 0.1) is 0 Å². The largest absolute Gasteiger partial charge is 0.419 e.